The molecule has 2 aromatic heterocycles. The summed E-state index contributed by atoms with van der Waals surface area (Å²) in [5.41, 5.74) is 5.78. The molecule has 208 valence electrons. The summed E-state index contributed by atoms with van der Waals surface area (Å²) in [4.78, 5) is 18.1. The Morgan fingerprint density at radius 1 is 1.23 bits per heavy atom. The zero-order valence-electron chi connectivity index (χ0n) is 23.5. The molecule has 0 spiro atoms. The Morgan fingerprint density at radius 2 is 2.02 bits per heavy atom. The molecule has 1 aliphatic heterocycles. The molecule has 5 rings (SSSR count). The molecule has 7 nitrogen and oxygen atoms in total. The first-order chi connectivity index (χ1) is 19.1. The zero-order valence-corrected chi connectivity index (χ0v) is 25.1. The number of benzene rings is 2. The fourth-order valence-corrected chi connectivity index (χ4v) is 5.66. The third-order valence-electron chi connectivity index (χ3n) is 7.00. The molecule has 0 fully saturated rings. The van der Waals surface area contributed by atoms with E-state index in [2.05, 4.69) is 28.6 Å². The van der Waals surface area contributed by atoms with Crippen LogP contribution in [0.1, 0.15) is 62.5 Å². The molecule has 2 aromatic carbocycles. The number of esters is 1. The normalized spacial score (nSPS) is 15.8. The predicted octanol–water partition coefficient (Wildman–Crippen LogP) is 7.61. The van der Waals surface area contributed by atoms with E-state index in [0.29, 0.717) is 29.4 Å². The molecule has 2 atom stereocenters. The molecule has 1 unspecified atom stereocenters. The van der Waals surface area contributed by atoms with E-state index in [1.165, 1.54) is 7.11 Å². The van der Waals surface area contributed by atoms with Crippen molar-refractivity contribution < 1.29 is 19.0 Å². The van der Waals surface area contributed by atoms with E-state index >= 15 is 0 Å². The summed E-state index contributed by atoms with van der Waals surface area (Å²) in [6.45, 7) is 12.3. The lowest BCUT2D eigenvalue weighted by molar-refractivity contribution is -0.164. The first-order valence-corrected chi connectivity index (χ1v) is 14.2. The fourth-order valence-electron chi connectivity index (χ4n) is 5.26. The van der Waals surface area contributed by atoms with Gasteiger partial charge in [-0.15, -0.1) is 6.58 Å². The van der Waals surface area contributed by atoms with Gasteiger partial charge in [0.15, 0.2) is 11.8 Å². The predicted molar refractivity (Wildman–Crippen MR) is 160 cm³/mol. The number of hydrogen-bond acceptors (Lipinski definition) is 6. The molecule has 0 N–H and O–H groups in total. The first kappa shape index (κ1) is 28.1. The minimum absolute atomic E-state index is 0.292. The van der Waals surface area contributed by atoms with E-state index in [1.54, 1.807) is 0 Å². The highest BCUT2D eigenvalue weighted by Gasteiger charge is 2.34. The van der Waals surface area contributed by atoms with Crippen LogP contribution in [0.15, 0.2) is 65.7 Å². The number of nitrogens with zero attached hydrogens (tertiary/aromatic N) is 3. The van der Waals surface area contributed by atoms with Gasteiger partial charge in [-0.25, -0.2) is 14.3 Å². The Bertz CT molecular complexity index is 1590. The number of allylic oxidation sites excluding steroid dienone is 1. The lowest BCUT2D eigenvalue weighted by Crippen LogP contribution is -2.30. The van der Waals surface area contributed by atoms with E-state index in [0.717, 1.165) is 51.1 Å². The number of aryl methyl sites for hydroxylation is 1. The third kappa shape index (κ3) is 5.56. The van der Waals surface area contributed by atoms with Crippen LogP contribution in [0.2, 0.25) is 0 Å². The van der Waals surface area contributed by atoms with Gasteiger partial charge in [-0.2, -0.15) is 5.10 Å². The second kappa shape index (κ2) is 11.2. The Hall–Kier alpha value is -3.49. The Kier molecular flexibility index (Phi) is 7.84. The quantitative estimate of drug-likeness (QED) is 0.160. The van der Waals surface area contributed by atoms with Crippen LogP contribution in [0.5, 0.6) is 5.75 Å². The number of halogens is 1. The molecular weight excluding hydrogens is 570 g/mol. The van der Waals surface area contributed by atoms with E-state index in [1.807, 2.05) is 80.8 Å². The van der Waals surface area contributed by atoms with Crippen LogP contribution in [0.3, 0.4) is 0 Å². The molecule has 3 heterocycles. The van der Waals surface area contributed by atoms with Crippen molar-refractivity contribution in [3.63, 3.8) is 0 Å². The van der Waals surface area contributed by atoms with E-state index < -0.39 is 17.7 Å². The smallest absolute Gasteiger partial charge is 0.339 e. The highest BCUT2D eigenvalue weighted by Crippen LogP contribution is 2.42. The summed E-state index contributed by atoms with van der Waals surface area (Å²) in [5, 5.41) is 5.01. The molecule has 0 bridgehead atoms. The zero-order chi connectivity index (χ0) is 28.6. The molecule has 0 saturated heterocycles. The minimum atomic E-state index is -1.01. The van der Waals surface area contributed by atoms with Gasteiger partial charge in [0, 0.05) is 32.9 Å². The molecule has 0 amide bonds. The molecule has 0 aliphatic carbocycles. The van der Waals surface area contributed by atoms with Gasteiger partial charge in [0.25, 0.3) is 0 Å². The maximum atomic E-state index is 13.3. The molecule has 40 heavy (non-hydrogen) atoms. The molecule has 0 saturated carbocycles. The Labute approximate surface area is 243 Å². The lowest BCUT2D eigenvalue weighted by Gasteiger charge is -2.29. The monoisotopic (exact) mass is 603 g/mol. The highest BCUT2D eigenvalue weighted by atomic mass is 79.9. The number of hydrogen-bond donors (Lipinski definition) is 0. The second-order valence-electron chi connectivity index (χ2n) is 11.0. The highest BCUT2D eigenvalue weighted by molar-refractivity contribution is 9.10. The lowest BCUT2D eigenvalue weighted by atomic mass is 9.88. The second-order valence-corrected chi connectivity index (χ2v) is 11.9. The van der Waals surface area contributed by atoms with Gasteiger partial charge in [-0.3, -0.25) is 0 Å². The number of ether oxygens (including phenoxy) is 3. The summed E-state index contributed by atoms with van der Waals surface area (Å²) in [6, 6.07) is 16.1. The van der Waals surface area contributed by atoms with Crippen molar-refractivity contribution in [2.45, 2.75) is 58.2 Å². The van der Waals surface area contributed by atoms with Crippen molar-refractivity contribution in [1.29, 1.82) is 0 Å². The molecule has 8 heteroatoms. The summed E-state index contributed by atoms with van der Waals surface area (Å²) < 4.78 is 20.4. The fraction of sp³-hybridized carbons (Fsp3) is 0.344. The van der Waals surface area contributed by atoms with Crippen LogP contribution in [0.4, 0.5) is 0 Å². The van der Waals surface area contributed by atoms with Crippen molar-refractivity contribution in [1.82, 2.24) is 14.6 Å². The molecular formula is C32H34BrN3O4. The van der Waals surface area contributed by atoms with Crippen molar-refractivity contribution in [3.8, 4) is 28.3 Å². The van der Waals surface area contributed by atoms with Crippen molar-refractivity contribution in [2.75, 3.05) is 13.7 Å². The summed E-state index contributed by atoms with van der Waals surface area (Å²) >= 11 is 3.56. The van der Waals surface area contributed by atoms with Crippen LogP contribution >= 0.6 is 15.9 Å². The first-order valence-electron chi connectivity index (χ1n) is 13.4. The van der Waals surface area contributed by atoms with E-state index in [4.69, 9.17) is 24.3 Å². The van der Waals surface area contributed by atoms with Crippen LogP contribution in [-0.2, 0) is 14.3 Å². The molecule has 4 aromatic rings. The van der Waals surface area contributed by atoms with Crippen molar-refractivity contribution in [3.05, 3.63) is 82.5 Å². The van der Waals surface area contributed by atoms with Gasteiger partial charge in [-0.1, -0.05) is 34.1 Å². The topological polar surface area (TPSA) is 75.0 Å². The average Bonchev–Trinajstić information content (AvgIpc) is 3.34. The van der Waals surface area contributed by atoms with Gasteiger partial charge in [-0.05, 0) is 82.3 Å². The number of carbonyl (C=O) groups excluding carboxylic acids is 1. The largest absolute Gasteiger partial charge is 0.493 e. The van der Waals surface area contributed by atoms with E-state index in [-0.39, 0.29) is 0 Å². The van der Waals surface area contributed by atoms with Gasteiger partial charge in [0.2, 0.25) is 0 Å². The molecule has 1 aliphatic rings. The van der Waals surface area contributed by atoms with Crippen LogP contribution in [0.25, 0.3) is 28.2 Å². The van der Waals surface area contributed by atoms with Crippen molar-refractivity contribution >= 4 is 27.5 Å². The number of aromatic nitrogens is 3. The van der Waals surface area contributed by atoms with Gasteiger partial charge < -0.3 is 14.2 Å². The number of rotatable bonds is 7. The van der Waals surface area contributed by atoms with Gasteiger partial charge in [0.1, 0.15) is 5.75 Å². The Balaban J connectivity index is 1.81. The summed E-state index contributed by atoms with van der Waals surface area (Å²) in [6.07, 6.45) is 2.71. The Morgan fingerprint density at radius 3 is 2.73 bits per heavy atom. The van der Waals surface area contributed by atoms with Crippen LogP contribution < -0.4 is 4.74 Å². The summed E-state index contributed by atoms with van der Waals surface area (Å²) in [5.74, 6) is 0.668. The van der Waals surface area contributed by atoms with Crippen LogP contribution in [-0.4, -0.2) is 39.9 Å². The third-order valence-corrected chi connectivity index (χ3v) is 7.49. The average molecular weight is 605 g/mol. The maximum Gasteiger partial charge on any atom is 0.339 e. The van der Waals surface area contributed by atoms with Gasteiger partial charge >= 0.3 is 5.97 Å². The number of methoxy groups -OCH3 is 1. The van der Waals surface area contributed by atoms with Crippen LogP contribution in [0, 0.1) is 6.92 Å². The SMILES string of the molecule is C=CCC1CCOc2ccc(-c3c([C@H](OC(C)(C)C)C(=O)OC)c(C)nc4cc(-c5cccc(Br)c5)nn34)cc21. The maximum absolute atomic E-state index is 13.3. The number of carbonyl (C=O) groups is 1. The van der Waals surface area contributed by atoms with E-state index in [9.17, 15) is 4.79 Å². The van der Waals surface area contributed by atoms with Gasteiger partial charge in [0.05, 0.1) is 30.7 Å². The van der Waals surface area contributed by atoms with Crippen molar-refractivity contribution in [2.24, 2.45) is 0 Å². The standard InChI is InChI=1S/C32H34BrN3O4/c1-7-9-20-14-15-39-26-13-12-22(17-24(20)26)29-28(30(31(37)38-6)40-32(3,4)5)19(2)34-27-18-25(35-36(27)29)21-10-8-11-23(33)16-21/h7-8,10-13,16-18,20,30H,1,9,14-15H2,2-6H3/t20?,30-/m0/s1. The molecule has 0 radical (unpaired) electrons. The minimum Gasteiger partial charge on any atom is -0.493 e. The number of fused-ring (bicyclic) bond motifs is 2. The summed E-state index contributed by atoms with van der Waals surface area (Å²) in [7, 11) is 1.37.